The third kappa shape index (κ3) is 45.7. The SMILES string of the molecule is CCCCC/C=C\CCCCCCCC(=O)OCCCCCCCCCCCCCCCCCCCCCC(=O)NC(CO)C(O)/C=C/CCCCCCCCCCC. The average molecular weight is 832 g/mol. The van der Waals surface area contributed by atoms with Gasteiger partial charge in [-0.25, -0.2) is 0 Å². The molecule has 3 N–H and O–H groups in total. The predicted octanol–water partition coefficient (Wildman–Crippen LogP) is 15.5. The molecule has 2 atom stereocenters. The maximum atomic E-state index is 12.4. The summed E-state index contributed by atoms with van der Waals surface area (Å²) in [6, 6.07) is -0.628. The molecule has 0 fully saturated rings. The van der Waals surface area contributed by atoms with E-state index in [0.717, 1.165) is 44.9 Å². The van der Waals surface area contributed by atoms with E-state index in [1.165, 1.54) is 205 Å². The molecule has 0 aromatic heterocycles. The van der Waals surface area contributed by atoms with Crippen molar-refractivity contribution in [2.45, 2.75) is 289 Å². The largest absolute Gasteiger partial charge is 0.466 e. The summed E-state index contributed by atoms with van der Waals surface area (Å²) in [7, 11) is 0. The Labute approximate surface area is 367 Å². The quantitative estimate of drug-likeness (QED) is 0.0322. The number of aliphatic hydroxyl groups is 2. The van der Waals surface area contributed by atoms with Crippen molar-refractivity contribution in [3.8, 4) is 0 Å². The van der Waals surface area contributed by atoms with Gasteiger partial charge >= 0.3 is 5.97 Å². The van der Waals surface area contributed by atoms with Gasteiger partial charge in [-0.2, -0.15) is 0 Å². The first kappa shape index (κ1) is 57.3. The lowest BCUT2D eigenvalue weighted by Gasteiger charge is -2.20. The molecular weight excluding hydrogens is 731 g/mol. The van der Waals surface area contributed by atoms with E-state index in [4.69, 9.17) is 4.74 Å². The molecule has 0 aliphatic heterocycles. The molecule has 0 aliphatic rings. The summed E-state index contributed by atoms with van der Waals surface area (Å²) < 4.78 is 5.45. The number of esters is 1. The molecule has 0 heterocycles. The van der Waals surface area contributed by atoms with Crippen molar-refractivity contribution >= 4 is 11.9 Å². The highest BCUT2D eigenvalue weighted by Crippen LogP contribution is 2.16. The van der Waals surface area contributed by atoms with Gasteiger partial charge in [-0.15, -0.1) is 0 Å². The minimum atomic E-state index is -0.844. The van der Waals surface area contributed by atoms with E-state index in [0.29, 0.717) is 19.4 Å². The van der Waals surface area contributed by atoms with Crippen LogP contribution in [0.3, 0.4) is 0 Å². The third-order valence-corrected chi connectivity index (χ3v) is 12.0. The van der Waals surface area contributed by atoms with Crippen LogP contribution in [0.1, 0.15) is 277 Å². The molecule has 0 aromatic rings. The van der Waals surface area contributed by atoms with Crippen LogP contribution < -0.4 is 5.32 Å². The van der Waals surface area contributed by atoms with Crippen molar-refractivity contribution < 1.29 is 24.5 Å². The van der Waals surface area contributed by atoms with Crippen LogP contribution in [0.15, 0.2) is 24.3 Å². The molecule has 0 radical (unpaired) electrons. The number of carbonyl (C=O) groups excluding carboxylic acids is 2. The van der Waals surface area contributed by atoms with E-state index in [2.05, 4.69) is 31.3 Å². The van der Waals surface area contributed by atoms with Crippen LogP contribution in [0, 0.1) is 0 Å². The minimum Gasteiger partial charge on any atom is -0.466 e. The average Bonchev–Trinajstić information content (AvgIpc) is 3.24. The molecule has 0 saturated carbocycles. The van der Waals surface area contributed by atoms with Crippen molar-refractivity contribution in [3.63, 3.8) is 0 Å². The third-order valence-electron chi connectivity index (χ3n) is 12.0. The standard InChI is InChI=1S/C53H101NO5/c1-3-5-7-9-11-13-15-27-31-35-39-43-47-53(58)59-48-44-40-36-32-28-24-22-20-18-16-17-19-21-23-26-30-34-38-42-46-52(57)54-50(49-55)51(56)45-41-37-33-29-25-14-12-10-8-6-4-2/h11,13,41,45,50-51,55-56H,3-10,12,14-40,42-44,46-49H2,1-2H3,(H,54,57)/b13-11-,45-41+. The lowest BCUT2D eigenvalue weighted by Crippen LogP contribution is -2.45. The molecule has 59 heavy (non-hydrogen) atoms. The van der Waals surface area contributed by atoms with Crippen LogP contribution in [0.5, 0.6) is 0 Å². The highest BCUT2D eigenvalue weighted by atomic mass is 16.5. The Balaban J connectivity index is 3.41. The van der Waals surface area contributed by atoms with Crippen molar-refractivity contribution in [1.82, 2.24) is 5.32 Å². The van der Waals surface area contributed by atoms with Gasteiger partial charge in [0.05, 0.1) is 25.4 Å². The molecule has 0 aromatic carbocycles. The summed E-state index contributed by atoms with van der Waals surface area (Å²) in [6.07, 6.45) is 57.5. The first-order chi connectivity index (χ1) is 29.0. The zero-order chi connectivity index (χ0) is 43.0. The normalized spacial score (nSPS) is 12.8. The van der Waals surface area contributed by atoms with E-state index >= 15 is 0 Å². The molecule has 348 valence electrons. The zero-order valence-electron chi connectivity index (χ0n) is 39.5. The van der Waals surface area contributed by atoms with Crippen molar-refractivity contribution in [2.24, 2.45) is 0 Å². The summed E-state index contributed by atoms with van der Waals surface area (Å²) in [5.74, 6) is -0.0746. The molecule has 0 spiro atoms. The predicted molar refractivity (Wildman–Crippen MR) is 255 cm³/mol. The molecular formula is C53H101NO5. The molecule has 6 heteroatoms. The Bertz CT molecular complexity index is 920. The van der Waals surface area contributed by atoms with Crippen molar-refractivity contribution in [1.29, 1.82) is 0 Å². The number of unbranched alkanes of at least 4 members (excludes halogenated alkanes) is 35. The van der Waals surface area contributed by atoms with Crippen molar-refractivity contribution in [3.05, 3.63) is 24.3 Å². The van der Waals surface area contributed by atoms with E-state index in [-0.39, 0.29) is 18.5 Å². The number of rotatable bonds is 48. The van der Waals surface area contributed by atoms with E-state index < -0.39 is 12.1 Å². The Morgan fingerprint density at radius 2 is 0.797 bits per heavy atom. The lowest BCUT2D eigenvalue weighted by atomic mass is 10.0. The first-order valence-electron chi connectivity index (χ1n) is 26.1. The number of hydrogen-bond donors (Lipinski definition) is 3. The van der Waals surface area contributed by atoms with Crippen LogP contribution in [-0.2, 0) is 14.3 Å². The van der Waals surface area contributed by atoms with Gasteiger partial charge in [0.25, 0.3) is 0 Å². The maximum absolute atomic E-state index is 12.4. The van der Waals surface area contributed by atoms with Gasteiger partial charge in [0.15, 0.2) is 0 Å². The van der Waals surface area contributed by atoms with Crippen molar-refractivity contribution in [2.75, 3.05) is 13.2 Å². The van der Waals surface area contributed by atoms with E-state index in [1.54, 1.807) is 6.08 Å². The molecule has 0 rings (SSSR count). The van der Waals surface area contributed by atoms with Crippen LogP contribution >= 0.6 is 0 Å². The second-order valence-corrected chi connectivity index (χ2v) is 17.9. The Hall–Kier alpha value is -1.66. The molecule has 0 bridgehead atoms. The van der Waals surface area contributed by atoms with Gasteiger partial charge in [0.2, 0.25) is 5.91 Å². The lowest BCUT2D eigenvalue weighted by molar-refractivity contribution is -0.143. The fourth-order valence-corrected chi connectivity index (χ4v) is 7.92. The number of hydrogen-bond acceptors (Lipinski definition) is 5. The van der Waals surface area contributed by atoms with E-state index in [9.17, 15) is 19.8 Å². The summed E-state index contributed by atoms with van der Waals surface area (Å²) in [5, 5.41) is 23.0. The van der Waals surface area contributed by atoms with E-state index in [1.807, 2.05) is 6.08 Å². The first-order valence-corrected chi connectivity index (χ1v) is 26.1. The van der Waals surface area contributed by atoms with Gasteiger partial charge in [0, 0.05) is 12.8 Å². The van der Waals surface area contributed by atoms with Crippen LogP contribution in [0.4, 0.5) is 0 Å². The highest BCUT2D eigenvalue weighted by Gasteiger charge is 2.18. The number of carbonyl (C=O) groups is 2. The summed E-state index contributed by atoms with van der Waals surface area (Å²) in [4.78, 5) is 24.4. The van der Waals surface area contributed by atoms with Crippen LogP contribution in [0.2, 0.25) is 0 Å². The monoisotopic (exact) mass is 832 g/mol. The number of amides is 1. The Morgan fingerprint density at radius 3 is 1.24 bits per heavy atom. The second kappa shape index (κ2) is 49.0. The fourth-order valence-electron chi connectivity index (χ4n) is 7.92. The molecule has 0 aliphatic carbocycles. The van der Waals surface area contributed by atoms with Crippen LogP contribution in [0.25, 0.3) is 0 Å². The Kier molecular flexibility index (Phi) is 47.6. The number of nitrogens with one attached hydrogen (secondary N) is 1. The number of ether oxygens (including phenoxy) is 1. The van der Waals surface area contributed by atoms with Crippen LogP contribution in [-0.4, -0.2) is 47.4 Å². The molecule has 1 amide bonds. The molecule has 2 unspecified atom stereocenters. The Morgan fingerprint density at radius 1 is 0.458 bits per heavy atom. The molecule has 6 nitrogen and oxygen atoms in total. The second-order valence-electron chi connectivity index (χ2n) is 17.9. The zero-order valence-corrected chi connectivity index (χ0v) is 39.5. The van der Waals surface area contributed by atoms with Gasteiger partial charge in [0.1, 0.15) is 0 Å². The summed E-state index contributed by atoms with van der Waals surface area (Å²) in [6.45, 7) is 4.86. The fraction of sp³-hybridized carbons (Fsp3) is 0.887. The van der Waals surface area contributed by atoms with Gasteiger partial charge in [-0.3, -0.25) is 9.59 Å². The highest BCUT2D eigenvalue weighted by molar-refractivity contribution is 5.76. The summed E-state index contributed by atoms with van der Waals surface area (Å²) >= 11 is 0. The van der Waals surface area contributed by atoms with Gasteiger partial charge in [-0.05, 0) is 57.8 Å². The molecule has 0 saturated heterocycles. The maximum Gasteiger partial charge on any atom is 0.305 e. The number of allylic oxidation sites excluding steroid dienone is 3. The number of aliphatic hydroxyl groups excluding tert-OH is 2. The smallest absolute Gasteiger partial charge is 0.305 e. The topological polar surface area (TPSA) is 95.9 Å². The van der Waals surface area contributed by atoms with Gasteiger partial charge in [-0.1, -0.05) is 231 Å². The minimum absolute atomic E-state index is 0.00227. The van der Waals surface area contributed by atoms with Gasteiger partial charge < -0.3 is 20.3 Å². The summed E-state index contributed by atoms with van der Waals surface area (Å²) in [5.41, 5.74) is 0.